The molecule has 130 valence electrons. The van der Waals surface area contributed by atoms with E-state index in [0.29, 0.717) is 22.1 Å². The first-order valence-corrected chi connectivity index (χ1v) is 8.42. The molecule has 2 aliphatic rings. The van der Waals surface area contributed by atoms with E-state index in [1.807, 2.05) is 24.3 Å². The molecule has 0 aromatic heterocycles. The van der Waals surface area contributed by atoms with Crippen molar-refractivity contribution >= 4 is 28.9 Å². The van der Waals surface area contributed by atoms with E-state index in [4.69, 9.17) is 25.8 Å². The first-order valence-electron chi connectivity index (χ1n) is 8.04. The third-order valence-corrected chi connectivity index (χ3v) is 4.47. The fraction of sp³-hybridized carbons (Fsp3) is 0.278. The van der Waals surface area contributed by atoms with Crippen molar-refractivity contribution in [2.75, 3.05) is 43.3 Å². The summed E-state index contributed by atoms with van der Waals surface area (Å²) in [5.41, 5.74) is 2.26. The number of ether oxygens (including phenoxy) is 3. The van der Waals surface area contributed by atoms with Crippen LogP contribution in [0, 0.1) is 0 Å². The van der Waals surface area contributed by atoms with E-state index < -0.39 is 0 Å². The van der Waals surface area contributed by atoms with Gasteiger partial charge in [-0.05, 0) is 36.4 Å². The van der Waals surface area contributed by atoms with E-state index >= 15 is 0 Å². The summed E-state index contributed by atoms with van der Waals surface area (Å²) >= 11 is 6.13. The fourth-order valence-corrected chi connectivity index (χ4v) is 3.14. The van der Waals surface area contributed by atoms with Gasteiger partial charge in [-0.2, -0.15) is 0 Å². The van der Waals surface area contributed by atoms with Gasteiger partial charge >= 0.3 is 0 Å². The Balaban J connectivity index is 1.46. The number of amides is 1. The average Bonchev–Trinajstić information content (AvgIpc) is 3.12. The highest BCUT2D eigenvalue weighted by molar-refractivity contribution is 6.32. The highest BCUT2D eigenvalue weighted by Gasteiger charge is 2.21. The second kappa shape index (κ2) is 6.82. The molecular weight excluding hydrogens is 344 g/mol. The van der Waals surface area contributed by atoms with Gasteiger partial charge in [0.25, 0.3) is 5.91 Å². The molecule has 2 aromatic rings. The maximum absolute atomic E-state index is 12.5. The zero-order valence-electron chi connectivity index (χ0n) is 13.5. The number of rotatable bonds is 3. The normalized spacial score (nSPS) is 16.0. The lowest BCUT2D eigenvalue weighted by Gasteiger charge is -2.28. The average molecular weight is 361 g/mol. The predicted molar refractivity (Wildman–Crippen MR) is 95.0 cm³/mol. The van der Waals surface area contributed by atoms with E-state index in [1.54, 1.807) is 12.1 Å². The van der Waals surface area contributed by atoms with Crippen LogP contribution >= 0.6 is 11.6 Å². The Morgan fingerprint density at radius 3 is 2.60 bits per heavy atom. The standard InChI is InChI=1S/C18H17ClN2O4/c19-15-9-12(10-16-17(15)25-11-24-16)18(22)20-13-1-3-14(4-2-13)21-5-7-23-8-6-21/h1-4,9-10H,5-8,11H2,(H,20,22). The van der Waals surface area contributed by atoms with Gasteiger partial charge in [0.2, 0.25) is 6.79 Å². The molecule has 0 spiro atoms. The van der Waals surface area contributed by atoms with Crippen LogP contribution in [0.15, 0.2) is 36.4 Å². The Morgan fingerprint density at radius 1 is 1.08 bits per heavy atom. The molecule has 25 heavy (non-hydrogen) atoms. The molecule has 1 saturated heterocycles. The molecule has 2 heterocycles. The zero-order valence-corrected chi connectivity index (χ0v) is 14.2. The number of nitrogens with zero attached hydrogens (tertiary/aromatic N) is 1. The van der Waals surface area contributed by atoms with Crippen LogP contribution in [0.1, 0.15) is 10.4 Å². The molecule has 1 N–H and O–H groups in total. The number of anilines is 2. The summed E-state index contributed by atoms with van der Waals surface area (Å²) in [7, 11) is 0. The first-order chi connectivity index (χ1) is 12.2. The van der Waals surface area contributed by atoms with Gasteiger partial charge in [-0.3, -0.25) is 4.79 Å². The Labute approximate surface area is 150 Å². The highest BCUT2D eigenvalue weighted by Crippen LogP contribution is 2.39. The largest absolute Gasteiger partial charge is 0.454 e. The van der Waals surface area contributed by atoms with Crippen molar-refractivity contribution in [1.29, 1.82) is 0 Å². The molecule has 2 aromatic carbocycles. The van der Waals surface area contributed by atoms with Crippen LogP contribution in [0.4, 0.5) is 11.4 Å². The maximum atomic E-state index is 12.5. The summed E-state index contributed by atoms with van der Waals surface area (Å²) in [5, 5.41) is 3.23. The van der Waals surface area contributed by atoms with Gasteiger partial charge in [-0.1, -0.05) is 11.6 Å². The molecule has 0 saturated carbocycles. The van der Waals surface area contributed by atoms with E-state index in [1.165, 1.54) is 0 Å². The summed E-state index contributed by atoms with van der Waals surface area (Å²) in [5.74, 6) is 0.715. The Morgan fingerprint density at radius 2 is 1.84 bits per heavy atom. The van der Waals surface area contributed by atoms with Crippen LogP contribution in [0.3, 0.4) is 0 Å². The Hall–Kier alpha value is -2.44. The van der Waals surface area contributed by atoms with Gasteiger partial charge in [-0.15, -0.1) is 0 Å². The minimum absolute atomic E-state index is 0.114. The smallest absolute Gasteiger partial charge is 0.255 e. The number of halogens is 1. The van der Waals surface area contributed by atoms with Crippen molar-refractivity contribution in [2.45, 2.75) is 0 Å². The topological polar surface area (TPSA) is 60.0 Å². The maximum Gasteiger partial charge on any atom is 0.255 e. The van der Waals surface area contributed by atoms with E-state index in [-0.39, 0.29) is 12.7 Å². The van der Waals surface area contributed by atoms with Crippen LogP contribution in [0.2, 0.25) is 5.02 Å². The van der Waals surface area contributed by atoms with Crippen molar-refractivity contribution < 1.29 is 19.0 Å². The first kappa shape index (κ1) is 16.1. The highest BCUT2D eigenvalue weighted by atomic mass is 35.5. The third kappa shape index (κ3) is 3.36. The molecule has 4 rings (SSSR count). The minimum Gasteiger partial charge on any atom is -0.454 e. The molecule has 7 heteroatoms. The third-order valence-electron chi connectivity index (χ3n) is 4.19. The molecule has 2 aliphatic heterocycles. The zero-order chi connectivity index (χ0) is 17.2. The monoisotopic (exact) mass is 360 g/mol. The number of nitrogens with one attached hydrogen (secondary N) is 1. The van der Waals surface area contributed by atoms with Gasteiger partial charge in [-0.25, -0.2) is 0 Å². The van der Waals surface area contributed by atoms with Crippen molar-refractivity contribution in [2.24, 2.45) is 0 Å². The lowest BCUT2D eigenvalue weighted by atomic mass is 10.1. The molecule has 6 nitrogen and oxygen atoms in total. The summed E-state index contributed by atoms with van der Waals surface area (Å²) in [4.78, 5) is 14.7. The molecule has 0 atom stereocenters. The second-order valence-electron chi connectivity index (χ2n) is 5.79. The SMILES string of the molecule is O=C(Nc1ccc(N2CCOCC2)cc1)c1cc(Cl)c2c(c1)OCO2. The van der Waals surface area contributed by atoms with Gasteiger partial charge in [0.05, 0.1) is 18.2 Å². The lowest BCUT2D eigenvalue weighted by Crippen LogP contribution is -2.36. The van der Waals surface area contributed by atoms with Crippen molar-refractivity contribution in [3.05, 3.63) is 47.0 Å². The van der Waals surface area contributed by atoms with E-state index in [9.17, 15) is 4.79 Å². The van der Waals surface area contributed by atoms with Crippen LogP contribution in [-0.4, -0.2) is 39.0 Å². The van der Waals surface area contributed by atoms with Crippen LogP contribution in [-0.2, 0) is 4.74 Å². The minimum atomic E-state index is -0.251. The summed E-state index contributed by atoms with van der Waals surface area (Å²) in [6, 6.07) is 11.0. The van der Waals surface area contributed by atoms with Crippen LogP contribution < -0.4 is 19.7 Å². The Bertz CT molecular complexity index is 788. The van der Waals surface area contributed by atoms with Gasteiger partial charge < -0.3 is 24.4 Å². The summed E-state index contributed by atoms with van der Waals surface area (Å²) in [6.45, 7) is 3.35. The lowest BCUT2D eigenvalue weighted by molar-refractivity contribution is 0.102. The summed E-state index contributed by atoms with van der Waals surface area (Å²) < 4.78 is 15.9. The number of hydrogen-bond donors (Lipinski definition) is 1. The van der Waals surface area contributed by atoms with Gasteiger partial charge in [0.15, 0.2) is 11.5 Å². The predicted octanol–water partition coefficient (Wildman–Crippen LogP) is 3.16. The molecule has 0 bridgehead atoms. The van der Waals surface area contributed by atoms with Gasteiger partial charge in [0.1, 0.15) is 0 Å². The molecule has 1 amide bonds. The number of morpholine rings is 1. The van der Waals surface area contributed by atoms with E-state index in [0.717, 1.165) is 37.7 Å². The van der Waals surface area contributed by atoms with Crippen LogP contribution in [0.25, 0.3) is 0 Å². The summed E-state index contributed by atoms with van der Waals surface area (Å²) in [6.07, 6.45) is 0. The number of hydrogen-bond acceptors (Lipinski definition) is 5. The van der Waals surface area contributed by atoms with Crippen molar-refractivity contribution in [3.63, 3.8) is 0 Å². The number of carbonyl (C=O) groups is 1. The van der Waals surface area contributed by atoms with E-state index in [2.05, 4.69) is 10.2 Å². The Kier molecular flexibility index (Phi) is 4.38. The van der Waals surface area contributed by atoms with Gasteiger partial charge in [0, 0.05) is 30.0 Å². The fourth-order valence-electron chi connectivity index (χ4n) is 2.88. The number of fused-ring (bicyclic) bond motifs is 1. The number of carbonyl (C=O) groups excluding carboxylic acids is 1. The van der Waals surface area contributed by atoms with Crippen molar-refractivity contribution in [1.82, 2.24) is 0 Å². The quantitative estimate of drug-likeness (QED) is 0.911. The van der Waals surface area contributed by atoms with Crippen LogP contribution in [0.5, 0.6) is 11.5 Å². The molecule has 0 unspecified atom stereocenters. The second-order valence-corrected chi connectivity index (χ2v) is 6.20. The molecular formula is C18H17ClN2O4. The number of benzene rings is 2. The molecule has 0 radical (unpaired) electrons. The molecule has 0 aliphatic carbocycles. The van der Waals surface area contributed by atoms with Crippen molar-refractivity contribution in [3.8, 4) is 11.5 Å². The molecule has 1 fully saturated rings.